The van der Waals surface area contributed by atoms with E-state index < -0.39 is 0 Å². The van der Waals surface area contributed by atoms with E-state index >= 15 is 0 Å². The standard InChI is InChI=1S/C15H17N3OS/c16-15-17-13(11-20-15)4-1-12-2-5-14(6-3-12)18-7-9-19-10-8-18/h1-6,11H,7-10H2,(H2,16,17). The highest BCUT2D eigenvalue weighted by molar-refractivity contribution is 7.13. The molecule has 2 heterocycles. The maximum atomic E-state index is 5.61. The quantitative estimate of drug-likeness (QED) is 0.943. The van der Waals surface area contributed by atoms with Gasteiger partial charge in [0, 0.05) is 24.2 Å². The lowest BCUT2D eigenvalue weighted by atomic mass is 10.1. The normalized spacial score (nSPS) is 15.9. The first-order chi connectivity index (χ1) is 9.81. The van der Waals surface area contributed by atoms with Gasteiger partial charge in [-0.15, -0.1) is 11.3 Å². The van der Waals surface area contributed by atoms with Crippen LogP contribution >= 0.6 is 11.3 Å². The summed E-state index contributed by atoms with van der Waals surface area (Å²) in [4.78, 5) is 6.55. The van der Waals surface area contributed by atoms with E-state index in [9.17, 15) is 0 Å². The summed E-state index contributed by atoms with van der Waals surface area (Å²) in [5.41, 5.74) is 8.93. The number of benzene rings is 1. The maximum absolute atomic E-state index is 5.61. The average molecular weight is 287 g/mol. The van der Waals surface area contributed by atoms with Gasteiger partial charge in [0.15, 0.2) is 5.13 Å². The Labute approximate surface area is 122 Å². The first-order valence-corrected chi connectivity index (χ1v) is 7.51. The smallest absolute Gasteiger partial charge is 0.180 e. The second-order valence-electron chi connectivity index (χ2n) is 4.63. The van der Waals surface area contributed by atoms with Crippen LogP contribution in [0.3, 0.4) is 0 Å². The third-order valence-electron chi connectivity index (χ3n) is 3.26. The largest absolute Gasteiger partial charge is 0.378 e. The number of nitrogens with two attached hydrogens (primary N) is 1. The Kier molecular flexibility index (Phi) is 3.99. The summed E-state index contributed by atoms with van der Waals surface area (Å²) >= 11 is 1.46. The molecule has 0 bridgehead atoms. The average Bonchev–Trinajstić information content (AvgIpc) is 2.92. The summed E-state index contributed by atoms with van der Waals surface area (Å²) in [6.07, 6.45) is 4.04. The van der Waals surface area contributed by atoms with Crippen LogP contribution in [0.25, 0.3) is 12.2 Å². The molecule has 0 atom stereocenters. The van der Waals surface area contributed by atoms with Crippen LogP contribution in [0.15, 0.2) is 29.6 Å². The van der Waals surface area contributed by atoms with Crippen molar-refractivity contribution in [1.82, 2.24) is 4.98 Å². The fourth-order valence-electron chi connectivity index (χ4n) is 2.18. The Morgan fingerprint density at radius 1 is 1.15 bits per heavy atom. The predicted molar refractivity (Wildman–Crippen MR) is 84.9 cm³/mol. The zero-order valence-electron chi connectivity index (χ0n) is 11.2. The van der Waals surface area contributed by atoms with Crippen LogP contribution in [-0.2, 0) is 4.74 Å². The van der Waals surface area contributed by atoms with Gasteiger partial charge < -0.3 is 15.4 Å². The van der Waals surface area contributed by atoms with Crippen molar-refractivity contribution < 1.29 is 4.74 Å². The van der Waals surface area contributed by atoms with E-state index in [4.69, 9.17) is 10.5 Å². The van der Waals surface area contributed by atoms with Crippen molar-refractivity contribution in [2.24, 2.45) is 0 Å². The molecule has 2 N–H and O–H groups in total. The van der Waals surface area contributed by atoms with Crippen molar-refractivity contribution in [3.8, 4) is 0 Å². The van der Waals surface area contributed by atoms with Crippen molar-refractivity contribution in [2.45, 2.75) is 0 Å². The van der Waals surface area contributed by atoms with E-state index in [2.05, 4.69) is 40.2 Å². The molecule has 0 amide bonds. The second-order valence-corrected chi connectivity index (χ2v) is 5.52. The van der Waals surface area contributed by atoms with E-state index in [1.807, 2.05) is 11.5 Å². The van der Waals surface area contributed by atoms with Gasteiger partial charge in [-0.25, -0.2) is 4.98 Å². The van der Waals surface area contributed by atoms with Crippen molar-refractivity contribution in [3.05, 3.63) is 40.9 Å². The summed E-state index contributed by atoms with van der Waals surface area (Å²) in [5.74, 6) is 0. The summed E-state index contributed by atoms with van der Waals surface area (Å²) in [7, 11) is 0. The fourth-order valence-corrected chi connectivity index (χ4v) is 2.71. The number of rotatable bonds is 3. The highest BCUT2D eigenvalue weighted by atomic mass is 32.1. The zero-order chi connectivity index (χ0) is 13.8. The topological polar surface area (TPSA) is 51.4 Å². The molecule has 1 aliphatic rings. The van der Waals surface area contributed by atoms with Gasteiger partial charge in [0.2, 0.25) is 0 Å². The minimum atomic E-state index is 0.604. The molecule has 0 saturated carbocycles. The van der Waals surface area contributed by atoms with E-state index in [1.54, 1.807) is 0 Å². The highest BCUT2D eigenvalue weighted by Gasteiger charge is 2.10. The van der Waals surface area contributed by atoms with Crippen LogP contribution in [0, 0.1) is 0 Å². The number of nitrogens with zero attached hydrogens (tertiary/aromatic N) is 2. The van der Waals surface area contributed by atoms with Crippen LogP contribution in [0.1, 0.15) is 11.3 Å². The van der Waals surface area contributed by atoms with Gasteiger partial charge in [-0.05, 0) is 23.8 Å². The molecular formula is C15H17N3OS. The lowest BCUT2D eigenvalue weighted by Crippen LogP contribution is -2.36. The summed E-state index contributed by atoms with van der Waals surface area (Å²) < 4.78 is 5.37. The van der Waals surface area contributed by atoms with E-state index in [1.165, 1.54) is 17.0 Å². The Bertz CT molecular complexity index is 585. The number of anilines is 2. The molecule has 1 fully saturated rings. The van der Waals surface area contributed by atoms with Gasteiger partial charge in [-0.2, -0.15) is 0 Å². The summed E-state index contributed by atoms with van der Waals surface area (Å²) in [5, 5.41) is 2.56. The lowest BCUT2D eigenvalue weighted by Gasteiger charge is -2.28. The minimum Gasteiger partial charge on any atom is -0.378 e. The number of thiazole rings is 1. The highest BCUT2D eigenvalue weighted by Crippen LogP contribution is 2.18. The van der Waals surface area contributed by atoms with Gasteiger partial charge in [0.1, 0.15) is 0 Å². The van der Waals surface area contributed by atoms with Crippen LogP contribution in [0.5, 0.6) is 0 Å². The fraction of sp³-hybridized carbons (Fsp3) is 0.267. The molecule has 1 aliphatic heterocycles. The number of hydrogen-bond acceptors (Lipinski definition) is 5. The molecule has 20 heavy (non-hydrogen) atoms. The van der Waals surface area contributed by atoms with Gasteiger partial charge in [-0.3, -0.25) is 0 Å². The van der Waals surface area contributed by atoms with Crippen molar-refractivity contribution in [2.75, 3.05) is 36.9 Å². The second kappa shape index (κ2) is 6.07. The molecule has 4 nitrogen and oxygen atoms in total. The maximum Gasteiger partial charge on any atom is 0.180 e. The van der Waals surface area contributed by atoms with Gasteiger partial charge >= 0.3 is 0 Å². The third-order valence-corrected chi connectivity index (χ3v) is 3.95. The van der Waals surface area contributed by atoms with E-state index in [-0.39, 0.29) is 0 Å². The Balaban J connectivity index is 1.68. The number of ether oxygens (including phenoxy) is 1. The van der Waals surface area contributed by atoms with Crippen molar-refractivity contribution >= 4 is 34.3 Å². The minimum absolute atomic E-state index is 0.604. The van der Waals surface area contributed by atoms with E-state index in [0.29, 0.717) is 5.13 Å². The lowest BCUT2D eigenvalue weighted by molar-refractivity contribution is 0.122. The van der Waals surface area contributed by atoms with Crippen LogP contribution in [0.2, 0.25) is 0 Å². The molecule has 2 aromatic rings. The monoisotopic (exact) mass is 287 g/mol. The molecule has 0 spiro atoms. The molecule has 0 aliphatic carbocycles. The van der Waals surface area contributed by atoms with Crippen molar-refractivity contribution in [3.63, 3.8) is 0 Å². The first kappa shape index (κ1) is 13.1. The Morgan fingerprint density at radius 3 is 2.55 bits per heavy atom. The Morgan fingerprint density at radius 2 is 1.90 bits per heavy atom. The van der Waals surface area contributed by atoms with Gasteiger partial charge in [0.05, 0.1) is 18.9 Å². The summed E-state index contributed by atoms with van der Waals surface area (Å²) in [6, 6.07) is 8.55. The first-order valence-electron chi connectivity index (χ1n) is 6.63. The number of nitrogen functional groups attached to an aromatic ring is 1. The molecule has 104 valence electrons. The van der Waals surface area contributed by atoms with Crippen molar-refractivity contribution in [1.29, 1.82) is 0 Å². The van der Waals surface area contributed by atoms with Gasteiger partial charge in [-0.1, -0.05) is 18.2 Å². The SMILES string of the molecule is Nc1nc(C=Cc2ccc(N3CCOCC3)cc2)cs1. The molecule has 1 aromatic carbocycles. The van der Waals surface area contributed by atoms with Crippen LogP contribution in [-0.4, -0.2) is 31.3 Å². The molecule has 1 aromatic heterocycles. The van der Waals surface area contributed by atoms with Crippen LogP contribution in [0.4, 0.5) is 10.8 Å². The molecule has 3 rings (SSSR count). The molecule has 0 radical (unpaired) electrons. The number of aromatic nitrogens is 1. The molecule has 1 saturated heterocycles. The summed E-state index contributed by atoms with van der Waals surface area (Å²) in [6.45, 7) is 3.56. The van der Waals surface area contributed by atoms with Crippen LogP contribution < -0.4 is 10.6 Å². The van der Waals surface area contributed by atoms with Gasteiger partial charge in [0.25, 0.3) is 0 Å². The molecule has 0 unspecified atom stereocenters. The predicted octanol–water partition coefficient (Wildman–Crippen LogP) is 2.73. The number of hydrogen-bond donors (Lipinski definition) is 1. The zero-order valence-corrected chi connectivity index (χ0v) is 12.0. The molecular weight excluding hydrogens is 270 g/mol. The Hall–Kier alpha value is -1.85. The number of morpholine rings is 1. The molecule has 5 heteroatoms. The van der Waals surface area contributed by atoms with E-state index in [0.717, 1.165) is 37.6 Å². The third kappa shape index (κ3) is 3.18.